The van der Waals surface area contributed by atoms with Crippen LogP contribution in [0.5, 0.6) is 0 Å². The Kier molecular flexibility index (Phi) is 3.57. The molecule has 0 saturated carbocycles. The lowest BCUT2D eigenvalue weighted by Crippen LogP contribution is -3.00. The van der Waals surface area contributed by atoms with Crippen LogP contribution in [-0.4, -0.2) is 9.38 Å². The minimum Gasteiger partial charge on any atom is -1.00 e. The zero-order valence-electron chi connectivity index (χ0n) is 11.3. The van der Waals surface area contributed by atoms with E-state index >= 15 is 0 Å². The molecule has 5 heteroatoms. The van der Waals surface area contributed by atoms with Crippen molar-refractivity contribution < 1.29 is 17.0 Å². The number of thiophene rings is 1. The molecule has 4 rings (SSSR count). The smallest absolute Gasteiger partial charge is 0.368 e. The van der Waals surface area contributed by atoms with Gasteiger partial charge in [0.05, 0.1) is 11.4 Å². The number of allylic oxidation sites excluding steroid dienone is 1. The third kappa shape index (κ3) is 2.07. The van der Waals surface area contributed by atoms with Crippen molar-refractivity contribution in [2.45, 2.75) is 6.54 Å². The number of hydrogen-bond donors (Lipinski definition) is 1. The summed E-state index contributed by atoms with van der Waals surface area (Å²) in [6.07, 6.45) is 4.10. The van der Waals surface area contributed by atoms with Crippen molar-refractivity contribution in [1.29, 1.82) is 0 Å². The monoisotopic (exact) mass is 315 g/mol. The van der Waals surface area contributed by atoms with Gasteiger partial charge in [0.1, 0.15) is 22.9 Å². The van der Waals surface area contributed by atoms with E-state index in [9.17, 15) is 0 Å². The van der Waals surface area contributed by atoms with E-state index in [2.05, 4.69) is 68.5 Å². The van der Waals surface area contributed by atoms with Gasteiger partial charge >= 0.3 is 5.78 Å². The molecular weight excluding hydrogens is 302 g/mol. The van der Waals surface area contributed by atoms with E-state index in [1.54, 1.807) is 11.3 Å². The highest BCUT2D eigenvalue weighted by Gasteiger charge is 2.20. The molecule has 0 saturated heterocycles. The van der Waals surface area contributed by atoms with Crippen LogP contribution in [0.2, 0.25) is 0 Å². The van der Waals surface area contributed by atoms with Crippen molar-refractivity contribution in [2.24, 2.45) is 0 Å². The number of hydrogen-bond acceptors (Lipinski definition) is 1. The van der Waals surface area contributed by atoms with Gasteiger partial charge in [0.25, 0.3) is 0 Å². The van der Waals surface area contributed by atoms with Crippen LogP contribution in [0.15, 0.2) is 60.6 Å². The summed E-state index contributed by atoms with van der Waals surface area (Å²) in [6, 6.07) is 12.6. The summed E-state index contributed by atoms with van der Waals surface area (Å²) in [7, 11) is 0. The molecule has 0 radical (unpaired) electrons. The Labute approximate surface area is 132 Å². The van der Waals surface area contributed by atoms with Crippen LogP contribution in [0, 0.1) is 0 Å². The maximum absolute atomic E-state index is 3.86. The van der Waals surface area contributed by atoms with Crippen molar-refractivity contribution in [3.63, 3.8) is 0 Å². The Bertz CT molecular complexity index is 902. The summed E-state index contributed by atoms with van der Waals surface area (Å²) in [5, 5.41) is 2.10. The number of aromatic amines is 1. The second-order valence-corrected chi connectivity index (χ2v) is 5.67. The third-order valence-corrected chi connectivity index (χ3v) is 4.42. The number of para-hydroxylation sites is 2. The maximum atomic E-state index is 3.86. The predicted molar refractivity (Wildman–Crippen MR) is 83.0 cm³/mol. The lowest BCUT2D eigenvalue weighted by molar-refractivity contribution is -0.636. The normalized spacial score (nSPS) is 10.9. The van der Waals surface area contributed by atoms with Crippen LogP contribution in [0.4, 0.5) is 0 Å². The van der Waals surface area contributed by atoms with Gasteiger partial charge in [-0.15, -0.1) is 11.3 Å². The SMILES string of the molecule is C=CC[n+]1c2ccccc2n2cc(-c3cccs3)[nH]c21.[Cl-]. The molecule has 0 amide bonds. The minimum absolute atomic E-state index is 0. The summed E-state index contributed by atoms with van der Waals surface area (Å²) in [5.41, 5.74) is 3.58. The van der Waals surface area contributed by atoms with E-state index in [0.29, 0.717) is 0 Å². The summed E-state index contributed by atoms with van der Waals surface area (Å²) in [4.78, 5) is 4.78. The number of aromatic nitrogens is 3. The van der Waals surface area contributed by atoms with Crippen molar-refractivity contribution in [1.82, 2.24) is 9.38 Å². The number of nitrogens with one attached hydrogen (secondary N) is 1. The Morgan fingerprint density at radius 1 is 1.24 bits per heavy atom. The number of nitrogens with zero attached hydrogens (tertiary/aromatic N) is 2. The first-order valence-corrected chi connectivity index (χ1v) is 7.43. The van der Waals surface area contributed by atoms with Crippen LogP contribution in [0.1, 0.15) is 0 Å². The molecular formula is C16H14ClN3S. The standard InChI is InChI=1S/C16H13N3S.ClH/c1-2-9-18-13-6-3-4-7-14(13)19-11-12(17-16(18)19)15-8-5-10-20-15;/h2-8,10-11H,1,9H2;1H. The molecule has 106 valence electrons. The molecule has 0 spiro atoms. The van der Waals surface area contributed by atoms with Crippen molar-refractivity contribution in [3.05, 3.63) is 60.6 Å². The second-order valence-electron chi connectivity index (χ2n) is 4.73. The highest BCUT2D eigenvalue weighted by molar-refractivity contribution is 7.13. The van der Waals surface area contributed by atoms with Gasteiger partial charge in [0.15, 0.2) is 0 Å². The van der Waals surface area contributed by atoms with Gasteiger partial charge in [-0.1, -0.05) is 30.9 Å². The summed E-state index contributed by atoms with van der Waals surface area (Å²) in [6.45, 7) is 4.66. The van der Waals surface area contributed by atoms with Crippen LogP contribution < -0.4 is 17.0 Å². The van der Waals surface area contributed by atoms with Gasteiger partial charge in [0, 0.05) is 0 Å². The van der Waals surface area contributed by atoms with Gasteiger partial charge in [-0.25, -0.2) is 9.55 Å². The molecule has 0 unspecified atom stereocenters. The van der Waals surface area contributed by atoms with E-state index in [4.69, 9.17) is 0 Å². The molecule has 0 aliphatic rings. The first-order chi connectivity index (χ1) is 9.88. The van der Waals surface area contributed by atoms with E-state index in [1.807, 2.05) is 6.08 Å². The maximum Gasteiger partial charge on any atom is 0.368 e. The molecule has 0 fully saturated rings. The highest BCUT2D eigenvalue weighted by Crippen LogP contribution is 2.25. The van der Waals surface area contributed by atoms with Gasteiger partial charge < -0.3 is 12.4 Å². The Morgan fingerprint density at radius 2 is 2.10 bits per heavy atom. The number of halogens is 1. The van der Waals surface area contributed by atoms with E-state index in [0.717, 1.165) is 18.0 Å². The first-order valence-electron chi connectivity index (χ1n) is 6.55. The Balaban J connectivity index is 0.00000132. The fourth-order valence-corrected chi connectivity index (χ4v) is 3.36. The molecule has 0 atom stereocenters. The largest absolute Gasteiger partial charge is 1.00 e. The lowest BCUT2D eigenvalue weighted by atomic mass is 10.3. The summed E-state index contributed by atoms with van der Waals surface area (Å²) < 4.78 is 4.47. The molecule has 3 aromatic heterocycles. The molecule has 0 aliphatic heterocycles. The molecule has 4 aromatic rings. The van der Waals surface area contributed by atoms with Crippen LogP contribution in [0.3, 0.4) is 0 Å². The highest BCUT2D eigenvalue weighted by atomic mass is 35.5. The van der Waals surface area contributed by atoms with Crippen molar-refractivity contribution in [3.8, 4) is 10.6 Å². The summed E-state index contributed by atoms with van der Waals surface area (Å²) in [5.74, 6) is 1.09. The topological polar surface area (TPSA) is 24.1 Å². The Hall–Kier alpha value is -2.04. The number of fused-ring (bicyclic) bond motifs is 3. The molecule has 0 aliphatic carbocycles. The first kappa shape index (κ1) is 13.9. The van der Waals surface area contributed by atoms with Gasteiger partial charge in [0.2, 0.25) is 0 Å². The molecule has 21 heavy (non-hydrogen) atoms. The van der Waals surface area contributed by atoms with Crippen molar-refractivity contribution in [2.75, 3.05) is 0 Å². The van der Waals surface area contributed by atoms with Crippen molar-refractivity contribution >= 4 is 28.1 Å². The van der Waals surface area contributed by atoms with Crippen LogP contribution in [-0.2, 0) is 6.54 Å². The fourth-order valence-electron chi connectivity index (χ4n) is 2.67. The van der Waals surface area contributed by atoms with Crippen LogP contribution in [0.25, 0.3) is 27.4 Å². The number of rotatable bonds is 3. The van der Waals surface area contributed by atoms with E-state index in [1.165, 1.54) is 15.9 Å². The van der Waals surface area contributed by atoms with Gasteiger partial charge in [-0.2, -0.15) is 4.40 Å². The number of benzene rings is 1. The predicted octanol–water partition coefficient (Wildman–Crippen LogP) is 0.627. The van der Waals surface area contributed by atoms with E-state index < -0.39 is 0 Å². The average Bonchev–Trinajstić information content (AvgIpc) is 3.16. The zero-order chi connectivity index (χ0) is 13.5. The lowest BCUT2D eigenvalue weighted by Gasteiger charge is -1.93. The molecule has 1 N–H and O–H groups in total. The third-order valence-electron chi connectivity index (χ3n) is 3.52. The molecule has 3 heterocycles. The Morgan fingerprint density at radius 3 is 2.86 bits per heavy atom. The molecule has 1 aromatic carbocycles. The second kappa shape index (κ2) is 5.39. The zero-order valence-corrected chi connectivity index (χ0v) is 12.9. The van der Waals surface area contributed by atoms with Gasteiger partial charge in [-0.05, 0) is 23.6 Å². The average molecular weight is 316 g/mol. The molecule has 0 bridgehead atoms. The molecule has 3 nitrogen and oxygen atoms in total. The van der Waals surface area contributed by atoms with E-state index in [-0.39, 0.29) is 12.4 Å². The van der Waals surface area contributed by atoms with Gasteiger partial charge in [-0.3, -0.25) is 0 Å². The minimum atomic E-state index is 0. The fraction of sp³-hybridized carbons (Fsp3) is 0.0625. The number of H-pyrrole nitrogens is 1. The summed E-state index contributed by atoms with van der Waals surface area (Å²) >= 11 is 1.75. The van der Waals surface area contributed by atoms with Crippen LogP contribution >= 0.6 is 11.3 Å². The quantitative estimate of drug-likeness (QED) is 0.423. The number of imidazole rings is 2.